The van der Waals surface area contributed by atoms with Crippen LogP contribution in [-0.4, -0.2) is 20.1 Å². The first-order valence-electron chi connectivity index (χ1n) is 10.6. The largest absolute Gasteiger partial charge is 0.497 e. The van der Waals surface area contributed by atoms with Crippen molar-refractivity contribution in [2.45, 2.75) is 31.1 Å². The summed E-state index contributed by atoms with van der Waals surface area (Å²) in [5, 5.41) is 6.15. The third-order valence-electron chi connectivity index (χ3n) is 5.53. The van der Waals surface area contributed by atoms with Gasteiger partial charge in [0.15, 0.2) is 0 Å². The highest BCUT2D eigenvalue weighted by atomic mass is 19.4. The molecular formula is C26H27F3N2O2. The molecule has 0 radical (unpaired) electrons. The molecule has 3 rings (SSSR count). The molecule has 0 saturated carbocycles. The molecule has 0 heterocycles. The SMILES string of the molecule is CNC(=O)[C@@H](N[C@@H](CCc1ccc(C(F)(F)F)cc1)c1ccc(OC)cc1)c1ccccc1. The van der Waals surface area contributed by atoms with Crippen molar-refractivity contribution in [3.63, 3.8) is 0 Å². The zero-order valence-electron chi connectivity index (χ0n) is 18.5. The van der Waals surface area contributed by atoms with Crippen molar-refractivity contribution >= 4 is 5.91 Å². The third kappa shape index (κ3) is 6.58. The Morgan fingerprint density at radius 2 is 1.55 bits per heavy atom. The standard InChI is InChI=1S/C26H27F3N2O2/c1-30-25(32)24(20-6-4-3-5-7-20)31-23(19-11-15-22(33-2)16-12-19)17-10-18-8-13-21(14-9-18)26(27,28)29/h3-9,11-16,23-24,31H,10,17H2,1-2H3,(H,30,32)/t23-,24-/m0/s1. The predicted octanol–water partition coefficient (Wildman–Crippen LogP) is 5.46. The van der Waals surface area contributed by atoms with E-state index in [1.807, 2.05) is 54.6 Å². The number of ether oxygens (including phenoxy) is 1. The highest BCUT2D eigenvalue weighted by Gasteiger charge is 2.30. The average molecular weight is 457 g/mol. The van der Waals surface area contributed by atoms with E-state index in [9.17, 15) is 18.0 Å². The zero-order valence-corrected chi connectivity index (χ0v) is 18.5. The van der Waals surface area contributed by atoms with Crippen LogP contribution >= 0.6 is 0 Å². The Balaban J connectivity index is 1.84. The molecule has 1 amide bonds. The van der Waals surface area contributed by atoms with Gasteiger partial charge in [-0.15, -0.1) is 0 Å². The van der Waals surface area contributed by atoms with Crippen LogP contribution in [-0.2, 0) is 17.4 Å². The smallest absolute Gasteiger partial charge is 0.416 e. The summed E-state index contributed by atoms with van der Waals surface area (Å²) in [6.07, 6.45) is -3.24. The second kappa shape index (κ2) is 11.0. The van der Waals surface area contributed by atoms with Crippen LogP contribution in [0.5, 0.6) is 5.75 Å². The molecule has 0 fully saturated rings. The van der Waals surface area contributed by atoms with Gasteiger partial charge in [0.25, 0.3) is 0 Å². The molecule has 0 aliphatic rings. The van der Waals surface area contributed by atoms with Crippen molar-refractivity contribution in [2.24, 2.45) is 0 Å². The summed E-state index contributed by atoms with van der Waals surface area (Å²) >= 11 is 0. The van der Waals surface area contributed by atoms with Gasteiger partial charge in [-0.2, -0.15) is 13.2 Å². The molecule has 0 spiro atoms. The first-order chi connectivity index (χ1) is 15.8. The van der Waals surface area contributed by atoms with Crippen molar-refractivity contribution in [3.8, 4) is 5.75 Å². The Morgan fingerprint density at radius 3 is 2.09 bits per heavy atom. The number of halogens is 3. The summed E-state index contributed by atoms with van der Waals surface area (Å²) in [5.41, 5.74) is 1.90. The fourth-order valence-electron chi connectivity index (χ4n) is 3.67. The maximum Gasteiger partial charge on any atom is 0.416 e. The van der Waals surface area contributed by atoms with E-state index in [0.29, 0.717) is 18.6 Å². The topological polar surface area (TPSA) is 50.4 Å². The van der Waals surface area contributed by atoms with Gasteiger partial charge in [0.1, 0.15) is 11.8 Å². The second-order valence-corrected chi connectivity index (χ2v) is 7.68. The normalized spacial score (nSPS) is 13.2. The van der Waals surface area contributed by atoms with Gasteiger partial charge in [0.2, 0.25) is 5.91 Å². The molecule has 3 aromatic rings. The maximum absolute atomic E-state index is 12.9. The maximum atomic E-state index is 12.9. The summed E-state index contributed by atoms with van der Waals surface area (Å²) in [6, 6.07) is 21.3. The van der Waals surface area contributed by atoms with Gasteiger partial charge in [-0.25, -0.2) is 0 Å². The quantitative estimate of drug-likeness (QED) is 0.449. The molecule has 2 atom stereocenters. The number of hydrogen-bond acceptors (Lipinski definition) is 3. The number of hydrogen-bond donors (Lipinski definition) is 2. The molecule has 7 heteroatoms. The summed E-state index contributed by atoms with van der Waals surface area (Å²) in [7, 11) is 3.18. The molecule has 0 aromatic heterocycles. The number of likely N-dealkylation sites (N-methyl/N-ethyl adjacent to an activating group) is 1. The average Bonchev–Trinajstić information content (AvgIpc) is 2.84. The molecular weight excluding hydrogens is 429 g/mol. The Bertz CT molecular complexity index is 1020. The number of aryl methyl sites for hydroxylation is 1. The summed E-state index contributed by atoms with van der Waals surface area (Å²) in [6.45, 7) is 0. The lowest BCUT2D eigenvalue weighted by atomic mass is 9.96. The van der Waals surface area contributed by atoms with Gasteiger partial charge in [0.05, 0.1) is 12.7 Å². The Labute approximate surface area is 191 Å². The van der Waals surface area contributed by atoms with E-state index >= 15 is 0 Å². The van der Waals surface area contributed by atoms with E-state index in [4.69, 9.17) is 4.74 Å². The highest BCUT2D eigenvalue weighted by Crippen LogP contribution is 2.30. The molecule has 3 aromatic carbocycles. The number of amides is 1. The molecule has 0 unspecified atom stereocenters. The van der Waals surface area contributed by atoms with Crippen LogP contribution in [0.4, 0.5) is 13.2 Å². The summed E-state index contributed by atoms with van der Waals surface area (Å²) in [4.78, 5) is 12.7. The van der Waals surface area contributed by atoms with Gasteiger partial charge >= 0.3 is 6.18 Å². The van der Waals surface area contributed by atoms with Crippen LogP contribution < -0.4 is 15.4 Å². The highest BCUT2D eigenvalue weighted by molar-refractivity contribution is 5.83. The number of carbonyl (C=O) groups excluding carboxylic acids is 1. The van der Waals surface area contributed by atoms with E-state index in [1.54, 1.807) is 14.2 Å². The summed E-state index contributed by atoms with van der Waals surface area (Å²) in [5.74, 6) is 0.542. The first-order valence-corrected chi connectivity index (χ1v) is 10.6. The van der Waals surface area contributed by atoms with Crippen LogP contribution in [0.2, 0.25) is 0 Å². The number of benzene rings is 3. The van der Waals surface area contributed by atoms with E-state index in [1.165, 1.54) is 12.1 Å². The van der Waals surface area contributed by atoms with Crippen LogP contribution in [0, 0.1) is 0 Å². The summed E-state index contributed by atoms with van der Waals surface area (Å²) < 4.78 is 43.9. The van der Waals surface area contributed by atoms with Crippen molar-refractivity contribution in [2.75, 3.05) is 14.2 Å². The van der Waals surface area contributed by atoms with E-state index < -0.39 is 17.8 Å². The van der Waals surface area contributed by atoms with Crippen LogP contribution in [0.3, 0.4) is 0 Å². The van der Waals surface area contributed by atoms with Gasteiger partial charge < -0.3 is 10.1 Å². The lowest BCUT2D eigenvalue weighted by Gasteiger charge is -2.26. The molecule has 0 aliphatic heterocycles. The minimum atomic E-state index is -4.36. The van der Waals surface area contributed by atoms with Crippen molar-refractivity contribution in [1.29, 1.82) is 0 Å². The van der Waals surface area contributed by atoms with Crippen LogP contribution in [0.1, 0.15) is 40.8 Å². The molecule has 0 saturated heterocycles. The second-order valence-electron chi connectivity index (χ2n) is 7.68. The molecule has 2 N–H and O–H groups in total. The molecule has 0 aliphatic carbocycles. The predicted molar refractivity (Wildman–Crippen MR) is 122 cm³/mol. The Kier molecular flexibility index (Phi) is 8.11. The number of rotatable bonds is 9. The number of alkyl halides is 3. The van der Waals surface area contributed by atoms with Crippen molar-refractivity contribution in [3.05, 3.63) is 101 Å². The number of methoxy groups -OCH3 is 1. The molecule has 33 heavy (non-hydrogen) atoms. The van der Waals surface area contributed by atoms with Gasteiger partial charge in [-0.05, 0) is 53.8 Å². The lowest BCUT2D eigenvalue weighted by molar-refractivity contribution is -0.137. The van der Waals surface area contributed by atoms with Gasteiger partial charge in [-0.1, -0.05) is 54.6 Å². The van der Waals surface area contributed by atoms with Crippen molar-refractivity contribution < 1.29 is 22.7 Å². The number of nitrogens with one attached hydrogen (secondary N) is 2. The fourth-order valence-corrected chi connectivity index (χ4v) is 3.67. The van der Waals surface area contributed by atoms with E-state index in [0.717, 1.165) is 28.8 Å². The molecule has 0 bridgehead atoms. The fraction of sp³-hybridized carbons (Fsp3) is 0.269. The van der Waals surface area contributed by atoms with Gasteiger partial charge in [0, 0.05) is 13.1 Å². The van der Waals surface area contributed by atoms with Crippen LogP contribution in [0.15, 0.2) is 78.9 Å². The lowest BCUT2D eigenvalue weighted by Crippen LogP contribution is -2.38. The van der Waals surface area contributed by atoms with Crippen molar-refractivity contribution in [1.82, 2.24) is 10.6 Å². The minimum absolute atomic E-state index is 0.172. The van der Waals surface area contributed by atoms with Gasteiger partial charge in [-0.3, -0.25) is 10.1 Å². The van der Waals surface area contributed by atoms with E-state index in [2.05, 4.69) is 10.6 Å². The first kappa shape index (κ1) is 24.3. The number of carbonyl (C=O) groups is 1. The zero-order chi connectivity index (χ0) is 23.8. The molecule has 4 nitrogen and oxygen atoms in total. The van der Waals surface area contributed by atoms with E-state index in [-0.39, 0.29) is 11.9 Å². The van der Waals surface area contributed by atoms with Crippen LogP contribution in [0.25, 0.3) is 0 Å². The monoisotopic (exact) mass is 456 g/mol. The Morgan fingerprint density at radius 1 is 0.909 bits per heavy atom. The molecule has 174 valence electrons. The third-order valence-corrected chi connectivity index (χ3v) is 5.53. The Hall–Kier alpha value is -3.32. The minimum Gasteiger partial charge on any atom is -0.497 e.